The van der Waals surface area contributed by atoms with Crippen molar-refractivity contribution in [2.45, 2.75) is 135 Å². The molecule has 0 aromatic carbocycles. The predicted molar refractivity (Wildman–Crippen MR) is 486 cm³/mol. The largest absolute Gasteiger partial charge is 0.481 e. The molecule has 0 amide bonds. The summed E-state index contributed by atoms with van der Waals surface area (Å²) >= 11 is 2.77. The number of aliphatic carboxylic acids is 4. The second-order valence-corrected chi connectivity index (χ2v) is 39.4. The Labute approximate surface area is 794 Å². The Morgan fingerprint density at radius 1 is 0.400 bits per heavy atom. The highest BCUT2D eigenvalue weighted by atomic mass is 32.1. The minimum Gasteiger partial charge on any atom is -0.481 e. The molecule has 720 valence electrons. The molecular weight excluding hydrogens is 1870 g/mol. The van der Waals surface area contributed by atoms with Crippen LogP contribution in [0.4, 0.5) is 43.9 Å². The number of halogens is 10. The Kier molecular flexibility index (Phi) is 24.7. The van der Waals surface area contributed by atoms with Gasteiger partial charge in [0.1, 0.15) is 63.0 Å². The van der Waals surface area contributed by atoms with E-state index in [2.05, 4.69) is 116 Å². The molecule has 16 heterocycles. The summed E-state index contributed by atoms with van der Waals surface area (Å²) in [6.45, 7) is 0. The lowest BCUT2D eigenvalue weighted by Gasteiger charge is -2.46. The fourth-order valence-electron chi connectivity index (χ4n) is 23.7. The molecule has 28 rings (SSSR count). The monoisotopic (exact) mass is 1960 g/mol. The Morgan fingerprint density at radius 2 is 0.736 bits per heavy atom. The number of carboxylic acid groups (broad SMARTS) is 4. The maximum atomic E-state index is 16.0. The SMILES string of the molecule is Cn1cc(-c2nc(-c3[nH]nc4ncc(C(F)(F)F)cc34)nc(C[C@H]3C4CCC(CC4)[C@@H]3C(=O)O)c2F)cn1.O=C(O)[C@H]1C2CCC(CC2)[C@@H]1Cc1nc(-c2[nH]nc3ncc(F)cc23)nc(-c2cccs2)c1F.O=C(O)[C@H]1C2CCC(CC2)[C@@H]1Cc1nc(-c2[nH]nc3ncc(F)cc23)nc(-c2ccsc2)c1F.O=C(O)[C@H]1C2CCC(CC2)[C@@H]1Cc1nc(-c2[nH]nc3ncc(F)cc23)nc(-c2cn[nH]c2)c1F. The molecule has 140 heavy (non-hydrogen) atoms. The standard InChI is InChI=1S/C25H23F4N7O2.2C24H21F2N5O2S.C23H21F2N7O2/c1-36-10-13(8-31-36)20-19(26)17(7-15-11-2-4-12(5-3-11)18(15)24(37)38)32-23(33-20)21-16-6-14(25(27,28)29)9-30-22(16)35-34-21;25-14-7-16-21(30-31-22(16)27-9-14)23-28-17(19(26)20(29-23)13-5-6-34-10-13)8-15-11-1-3-12(4-2-11)18(15)24(32)33;25-13-8-15-20(30-31-22(15)27-10-13)23-28-16(19(26)21(29-23)17-2-1-7-34-17)9-14-11-3-5-12(6-4-11)18(14)24(32)33;24-13-5-15-20(31-32-21(15)26-9-13)22-29-16(18(25)19(30-22)12-7-27-28-8-12)6-14-10-1-3-11(4-2-10)17(14)23(33)34/h6,8-12,15,18H,2-5,7H2,1H3,(H,37,38)(H,30,34,35);5-7,9-12,15,18H,1-4,8H2,(H,32,33)(H,27,30,31);1-2,7-8,10-12,14,18H,3-6,9H2,(H,32,33)(H,27,30,31);5,7-11,14,17H,1-4,6H2,(H,27,28)(H,33,34)(H,26,31,32)/t2*11?,12?,15-,18-;11?,12?,14-,18-;10?,11?,14-,17-/m0000/s1. The minimum absolute atomic E-state index is 0.0142. The van der Waals surface area contributed by atoms with Gasteiger partial charge in [-0.15, -0.1) is 11.3 Å². The first-order valence-corrected chi connectivity index (χ1v) is 48.0. The zero-order valence-electron chi connectivity index (χ0n) is 74.3. The number of nitrogens with zero attached hydrogens (tertiary/aromatic N) is 19. The van der Waals surface area contributed by atoms with Gasteiger partial charge in [0.2, 0.25) is 0 Å². The van der Waals surface area contributed by atoms with E-state index in [1.54, 1.807) is 30.8 Å². The van der Waals surface area contributed by atoms with E-state index in [-0.39, 0.29) is 188 Å². The van der Waals surface area contributed by atoms with Crippen LogP contribution in [-0.4, -0.2) is 165 Å². The van der Waals surface area contributed by atoms with E-state index < -0.39 is 100 Å². The molecular formula is C96H86F10N24O8S2. The van der Waals surface area contributed by atoms with E-state index in [9.17, 15) is 65.9 Å². The van der Waals surface area contributed by atoms with E-state index in [0.29, 0.717) is 72.3 Å². The van der Waals surface area contributed by atoms with Crippen molar-refractivity contribution < 1.29 is 83.5 Å². The molecule has 9 N–H and O–H groups in total. The molecule has 8 atom stereocenters. The van der Waals surface area contributed by atoms with Gasteiger partial charge in [-0.1, -0.05) is 6.07 Å². The summed E-state index contributed by atoms with van der Waals surface area (Å²) in [7, 11) is 1.66. The molecule has 12 aliphatic rings. The Hall–Kier alpha value is -14.2. The number of fused-ring (bicyclic) bond motifs is 16. The molecule has 12 fully saturated rings. The van der Waals surface area contributed by atoms with Crippen molar-refractivity contribution in [3.05, 3.63) is 177 Å². The predicted octanol–water partition coefficient (Wildman–Crippen LogP) is 18.6. The fourth-order valence-corrected chi connectivity index (χ4v) is 25.1. The van der Waals surface area contributed by atoms with Crippen molar-refractivity contribution >= 4 is 90.7 Å². The Bertz CT molecular complexity index is 6910. The van der Waals surface area contributed by atoms with E-state index in [0.717, 1.165) is 127 Å². The highest BCUT2D eigenvalue weighted by Crippen LogP contribution is 2.56. The summed E-state index contributed by atoms with van der Waals surface area (Å²) in [4.78, 5) is 101. The molecule has 0 saturated heterocycles. The van der Waals surface area contributed by atoms with E-state index in [1.165, 1.54) is 64.1 Å². The number of carbonyl (C=O) groups is 4. The molecule has 44 heteroatoms. The van der Waals surface area contributed by atoms with Crippen molar-refractivity contribution in [2.75, 3.05) is 0 Å². The van der Waals surface area contributed by atoms with Crippen LogP contribution in [-0.2, 0) is 58.1 Å². The van der Waals surface area contributed by atoms with Gasteiger partial charge in [-0.25, -0.2) is 90.5 Å². The maximum absolute atomic E-state index is 16.0. The number of thiophene rings is 2. The number of nitrogens with one attached hydrogen (secondary N) is 5. The number of pyridine rings is 4. The van der Waals surface area contributed by atoms with E-state index in [4.69, 9.17) is 0 Å². The van der Waals surface area contributed by atoms with Crippen LogP contribution < -0.4 is 0 Å². The van der Waals surface area contributed by atoms with Crippen LogP contribution in [0.15, 0.2) is 108 Å². The topological polar surface area (TPSA) is 465 Å². The molecule has 12 aliphatic carbocycles. The van der Waals surface area contributed by atoms with Crippen molar-refractivity contribution in [3.8, 4) is 90.4 Å². The zero-order valence-corrected chi connectivity index (χ0v) is 75.9. The van der Waals surface area contributed by atoms with Crippen LogP contribution in [0.2, 0.25) is 0 Å². The number of aryl methyl sites for hydroxylation is 1. The molecule has 8 bridgehead atoms. The zero-order chi connectivity index (χ0) is 97.0. The van der Waals surface area contributed by atoms with Gasteiger partial charge in [-0.05, 0) is 247 Å². The lowest BCUT2D eigenvalue weighted by molar-refractivity contribution is -0.153. The summed E-state index contributed by atoms with van der Waals surface area (Å²) in [5.74, 6) is -8.70. The molecule has 0 unspecified atom stereocenters. The third-order valence-electron chi connectivity index (χ3n) is 30.2. The van der Waals surface area contributed by atoms with Crippen molar-refractivity contribution in [2.24, 2.45) is 102 Å². The maximum Gasteiger partial charge on any atom is 0.417 e. The smallest absolute Gasteiger partial charge is 0.417 e. The van der Waals surface area contributed by atoms with Gasteiger partial charge >= 0.3 is 30.1 Å². The number of hydrogen-bond donors (Lipinski definition) is 9. The summed E-state index contributed by atoms with van der Waals surface area (Å²) in [6, 6.07) is 10.1. The molecule has 12 saturated carbocycles. The fraction of sp³-hybridized carbons (Fsp3) is 0.396. The molecule has 32 nitrogen and oxygen atoms in total. The lowest BCUT2D eigenvalue weighted by atomic mass is 9.57. The summed E-state index contributed by atoms with van der Waals surface area (Å²) in [5.41, 5.74) is 3.18. The normalized spacial score (nSPS) is 23.9. The van der Waals surface area contributed by atoms with Gasteiger partial charge in [0, 0.05) is 47.7 Å². The first-order chi connectivity index (χ1) is 67.6. The lowest BCUT2D eigenvalue weighted by Crippen LogP contribution is -2.45. The van der Waals surface area contributed by atoms with Crippen LogP contribution >= 0.6 is 22.7 Å². The molecule has 16 aromatic heterocycles. The van der Waals surface area contributed by atoms with Crippen LogP contribution in [0.3, 0.4) is 0 Å². The van der Waals surface area contributed by atoms with Crippen LogP contribution in [0.25, 0.3) is 135 Å². The van der Waals surface area contributed by atoms with Gasteiger partial charge in [0.25, 0.3) is 0 Å². The Morgan fingerprint density at radius 3 is 1.05 bits per heavy atom. The second kappa shape index (κ2) is 37.5. The van der Waals surface area contributed by atoms with E-state index in [1.807, 2.05) is 16.8 Å². The summed E-state index contributed by atoms with van der Waals surface area (Å²) in [5, 5.41) is 84.5. The van der Waals surface area contributed by atoms with Gasteiger partial charge in [0.15, 0.2) is 69.2 Å². The van der Waals surface area contributed by atoms with Crippen molar-refractivity contribution in [1.82, 2.24) is 121 Å². The van der Waals surface area contributed by atoms with Crippen molar-refractivity contribution in [3.63, 3.8) is 0 Å². The summed E-state index contributed by atoms with van der Waals surface area (Å²) in [6.07, 6.45) is 20.6. The molecule has 0 aliphatic heterocycles. The summed E-state index contributed by atoms with van der Waals surface area (Å²) < 4.78 is 147. The van der Waals surface area contributed by atoms with Crippen molar-refractivity contribution in [1.29, 1.82) is 0 Å². The number of alkyl halides is 3. The highest BCUT2D eigenvalue weighted by Gasteiger charge is 2.52. The Balaban J connectivity index is 0.000000111. The highest BCUT2D eigenvalue weighted by molar-refractivity contribution is 7.13. The van der Waals surface area contributed by atoms with E-state index >= 15 is 17.6 Å². The molecule has 0 radical (unpaired) electrons. The van der Waals surface area contributed by atoms with Crippen LogP contribution in [0.5, 0.6) is 0 Å². The third-order valence-corrected chi connectivity index (χ3v) is 31.7. The first kappa shape index (κ1) is 92.2. The van der Waals surface area contributed by atoms with Gasteiger partial charge in [0.05, 0.1) is 109 Å². The van der Waals surface area contributed by atoms with Crippen LogP contribution in [0.1, 0.15) is 131 Å². The number of rotatable bonds is 20. The van der Waals surface area contributed by atoms with Gasteiger partial charge < -0.3 is 20.4 Å². The van der Waals surface area contributed by atoms with Crippen LogP contribution in [0, 0.1) is 135 Å². The average molecular weight is 1960 g/mol. The first-order valence-electron chi connectivity index (χ1n) is 46.2. The minimum atomic E-state index is -4.63. The molecule has 0 spiro atoms. The second-order valence-electron chi connectivity index (χ2n) is 37.7. The van der Waals surface area contributed by atoms with Gasteiger partial charge in [-0.2, -0.15) is 55.1 Å². The third kappa shape index (κ3) is 17.6. The number of aromatic nitrogens is 24. The quantitative estimate of drug-likeness (QED) is 0.0320. The average Bonchev–Trinajstić information content (AvgIpc) is 1.59. The number of H-pyrrole nitrogens is 5. The number of aromatic amines is 5. The van der Waals surface area contributed by atoms with Gasteiger partial charge in [-0.3, -0.25) is 49.4 Å². The molecule has 16 aromatic rings. The number of hydrogen-bond acceptors (Lipinski definition) is 24. The number of carboxylic acids is 4.